The maximum absolute atomic E-state index is 14.4. The number of rotatable bonds is 7. The molecule has 0 spiro atoms. The van der Waals surface area contributed by atoms with Crippen molar-refractivity contribution in [3.63, 3.8) is 0 Å². The quantitative estimate of drug-likeness (QED) is 0.413. The first-order valence-electron chi connectivity index (χ1n) is 11.6. The van der Waals surface area contributed by atoms with Crippen molar-refractivity contribution in [2.75, 3.05) is 12.3 Å². The van der Waals surface area contributed by atoms with E-state index in [1.165, 1.54) is 38.2 Å². The van der Waals surface area contributed by atoms with Gasteiger partial charge in [-0.25, -0.2) is 4.39 Å². The molecule has 174 valence electrons. The summed E-state index contributed by atoms with van der Waals surface area (Å²) in [4.78, 5) is 0. The lowest BCUT2D eigenvalue weighted by Crippen LogP contribution is -2.51. The molecule has 1 aliphatic carbocycles. The molecule has 32 heavy (non-hydrogen) atoms. The van der Waals surface area contributed by atoms with Gasteiger partial charge in [-0.05, 0) is 56.5 Å². The summed E-state index contributed by atoms with van der Waals surface area (Å²) in [6, 6.07) is 10.7. The summed E-state index contributed by atoms with van der Waals surface area (Å²) in [5, 5.41) is 0. The molecule has 2 unspecified atom stereocenters. The number of hydrogen-bond donors (Lipinski definition) is 1. The Morgan fingerprint density at radius 2 is 1.88 bits per heavy atom. The highest BCUT2D eigenvalue weighted by Crippen LogP contribution is 2.44. The lowest BCUT2D eigenvalue weighted by Gasteiger charge is -2.44. The number of hydrogen-bond acceptors (Lipinski definition) is 4. The Balaban J connectivity index is 1.54. The van der Waals surface area contributed by atoms with E-state index in [0.717, 1.165) is 23.7 Å². The van der Waals surface area contributed by atoms with Gasteiger partial charge >= 0.3 is 0 Å². The van der Waals surface area contributed by atoms with Crippen molar-refractivity contribution in [1.29, 1.82) is 0 Å². The fourth-order valence-electron chi connectivity index (χ4n) is 4.87. The van der Waals surface area contributed by atoms with Crippen LogP contribution in [0.1, 0.15) is 69.6 Å². The maximum Gasteiger partial charge on any atom is 0.132 e. The number of anilines is 1. The minimum absolute atomic E-state index is 0.136. The van der Waals surface area contributed by atoms with Crippen molar-refractivity contribution >= 4 is 21.6 Å². The summed E-state index contributed by atoms with van der Waals surface area (Å²) >= 11 is 3.30. The van der Waals surface area contributed by atoms with Crippen LogP contribution in [0.2, 0.25) is 0 Å². The van der Waals surface area contributed by atoms with E-state index in [1.807, 2.05) is 38.1 Å². The minimum Gasteiger partial charge on any atom is -0.485 e. The van der Waals surface area contributed by atoms with E-state index in [4.69, 9.17) is 19.9 Å². The predicted molar refractivity (Wildman–Crippen MR) is 128 cm³/mol. The zero-order valence-electron chi connectivity index (χ0n) is 18.9. The molecule has 1 saturated carbocycles. The normalized spacial score (nSPS) is 22.9. The first-order chi connectivity index (χ1) is 15.3. The van der Waals surface area contributed by atoms with Gasteiger partial charge in [0.05, 0.1) is 6.61 Å². The van der Waals surface area contributed by atoms with E-state index >= 15 is 0 Å². The lowest BCUT2D eigenvalue weighted by atomic mass is 9.86. The van der Waals surface area contributed by atoms with Crippen molar-refractivity contribution in [3.05, 3.63) is 57.8 Å². The Hall–Kier alpha value is -1.63. The Morgan fingerprint density at radius 1 is 1.09 bits per heavy atom. The molecule has 2 atom stereocenters. The largest absolute Gasteiger partial charge is 0.485 e. The molecule has 0 saturated heterocycles. The number of ether oxygens (including phenoxy) is 3. The molecule has 4 nitrogen and oxygen atoms in total. The van der Waals surface area contributed by atoms with E-state index in [1.54, 1.807) is 6.07 Å². The fraction of sp³-hybridized carbons (Fsp3) is 0.538. The first-order valence-corrected chi connectivity index (χ1v) is 12.4. The standard InChI is InChI=1S/C26H33BrFNO3/c1-26(2)25(31-16-18-8-9-19(27)14-22(18)28)24(21-15-20(29)10-11-23(21)32-26)30-13-12-17-6-4-3-5-7-17/h8-11,14-15,17,24-25H,3-7,12-13,16,29H2,1-2H3. The van der Waals surface area contributed by atoms with E-state index in [0.29, 0.717) is 22.3 Å². The van der Waals surface area contributed by atoms with Gasteiger partial charge in [0.25, 0.3) is 0 Å². The van der Waals surface area contributed by atoms with Crippen LogP contribution in [0.5, 0.6) is 5.75 Å². The third-order valence-corrected chi connectivity index (χ3v) is 7.15. The molecule has 1 fully saturated rings. The number of nitrogen functional groups attached to an aromatic ring is 1. The molecule has 0 bridgehead atoms. The second-order valence-electron chi connectivity index (χ2n) is 9.55. The topological polar surface area (TPSA) is 53.7 Å². The predicted octanol–water partition coefficient (Wildman–Crippen LogP) is 6.95. The average Bonchev–Trinajstić information content (AvgIpc) is 2.75. The van der Waals surface area contributed by atoms with Gasteiger partial charge < -0.3 is 19.9 Å². The van der Waals surface area contributed by atoms with E-state index in [-0.39, 0.29) is 18.5 Å². The maximum atomic E-state index is 14.4. The van der Waals surface area contributed by atoms with Gasteiger partial charge in [-0.3, -0.25) is 0 Å². The Bertz CT molecular complexity index is 929. The highest BCUT2D eigenvalue weighted by Gasteiger charge is 2.45. The molecule has 1 heterocycles. The van der Waals surface area contributed by atoms with Gasteiger partial charge in [-0.2, -0.15) is 0 Å². The van der Waals surface area contributed by atoms with Crippen molar-refractivity contribution in [2.45, 2.75) is 76.8 Å². The van der Waals surface area contributed by atoms with Crippen LogP contribution in [0.4, 0.5) is 10.1 Å². The van der Waals surface area contributed by atoms with Gasteiger partial charge in [0.1, 0.15) is 29.4 Å². The summed E-state index contributed by atoms with van der Waals surface area (Å²) in [7, 11) is 0. The van der Waals surface area contributed by atoms with Crippen LogP contribution < -0.4 is 10.5 Å². The second-order valence-corrected chi connectivity index (χ2v) is 10.5. The molecular weight excluding hydrogens is 473 g/mol. The molecule has 6 heteroatoms. The molecule has 2 aliphatic rings. The fourth-order valence-corrected chi connectivity index (χ4v) is 5.21. The van der Waals surface area contributed by atoms with Gasteiger partial charge in [0.2, 0.25) is 0 Å². The van der Waals surface area contributed by atoms with Crippen LogP contribution in [0.25, 0.3) is 0 Å². The van der Waals surface area contributed by atoms with Crippen molar-refractivity contribution in [2.24, 2.45) is 5.92 Å². The minimum atomic E-state index is -0.648. The summed E-state index contributed by atoms with van der Waals surface area (Å²) in [5.74, 6) is 1.20. The molecule has 2 aromatic rings. The van der Waals surface area contributed by atoms with Gasteiger partial charge in [0, 0.05) is 27.9 Å². The van der Waals surface area contributed by atoms with Crippen molar-refractivity contribution < 1.29 is 18.6 Å². The van der Waals surface area contributed by atoms with Crippen LogP contribution in [0, 0.1) is 11.7 Å². The number of nitrogens with two attached hydrogens (primary N) is 1. The molecule has 0 amide bonds. The van der Waals surface area contributed by atoms with Crippen LogP contribution in [-0.4, -0.2) is 18.3 Å². The summed E-state index contributed by atoms with van der Waals surface area (Å²) in [6.45, 7) is 4.78. The Labute approximate surface area is 198 Å². The summed E-state index contributed by atoms with van der Waals surface area (Å²) in [6.07, 6.45) is 6.86. The number of fused-ring (bicyclic) bond motifs is 1. The second kappa shape index (κ2) is 10.1. The van der Waals surface area contributed by atoms with Crippen LogP contribution in [0.3, 0.4) is 0 Å². The number of halogens is 2. The molecule has 1 aliphatic heterocycles. The van der Waals surface area contributed by atoms with E-state index in [9.17, 15) is 4.39 Å². The van der Waals surface area contributed by atoms with Crippen molar-refractivity contribution in [3.8, 4) is 5.75 Å². The van der Waals surface area contributed by atoms with Crippen LogP contribution in [0.15, 0.2) is 40.9 Å². The SMILES string of the molecule is CC1(C)Oc2ccc(N)cc2C(OCCC2CCCCC2)C1OCc1ccc(Br)cc1F. The zero-order valence-corrected chi connectivity index (χ0v) is 20.5. The molecular formula is C26H33BrFNO3. The molecule has 2 N–H and O–H groups in total. The van der Waals surface area contributed by atoms with Gasteiger partial charge in [-0.1, -0.05) is 54.1 Å². The highest BCUT2D eigenvalue weighted by molar-refractivity contribution is 9.10. The van der Waals surface area contributed by atoms with Gasteiger partial charge in [-0.15, -0.1) is 0 Å². The first kappa shape index (κ1) is 23.5. The highest BCUT2D eigenvalue weighted by atomic mass is 79.9. The van der Waals surface area contributed by atoms with Crippen molar-refractivity contribution in [1.82, 2.24) is 0 Å². The summed E-state index contributed by atoms with van der Waals surface area (Å²) < 4.78 is 34.2. The number of benzene rings is 2. The average molecular weight is 506 g/mol. The molecule has 4 rings (SSSR count). The third-order valence-electron chi connectivity index (χ3n) is 6.66. The molecule has 2 aromatic carbocycles. The zero-order chi connectivity index (χ0) is 22.7. The Kier molecular flexibility index (Phi) is 7.43. The smallest absolute Gasteiger partial charge is 0.132 e. The van der Waals surface area contributed by atoms with E-state index in [2.05, 4.69) is 15.9 Å². The molecule has 0 radical (unpaired) electrons. The van der Waals surface area contributed by atoms with Crippen LogP contribution >= 0.6 is 15.9 Å². The van der Waals surface area contributed by atoms with Crippen LogP contribution in [-0.2, 0) is 16.1 Å². The van der Waals surface area contributed by atoms with E-state index < -0.39 is 11.7 Å². The van der Waals surface area contributed by atoms with Gasteiger partial charge in [0.15, 0.2) is 0 Å². The lowest BCUT2D eigenvalue weighted by molar-refractivity contribution is -0.168. The molecule has 0 aromatic heterocycles. The Morgan fingerprint density at radius 3 is 2.62 bits per heavy atom. The summed E-state index contributed by atoms with van der Waals surface area (Å²) in [5.41, 5.74) is 7.51. The third kappa shape index (κ3) is 5.46. The monoisotopic (exact) mass is 505 g/mol.